The summed E-state index contributed by atoms with van der Waals surface area (Å²) >= 11 is 0. The van der Waals surface area contributed by atoms with Crippen LogP contribution in [0.2, 0.25) is 0 Å². The third-order valence-electron chi connectivity index (χ3n) is 3.77. The van der Waals surface area contributed by atoms with Crippen LogP contribution < -0.4 is 4.72 Å². The minimum Gasteiger partial charge on any atom is -0.279 e. The molecule has 5 heteroatoms. The summed E-state index contributed by atoms with van der Waals surface area (Å²) in [7, 11) is -3.66. The third kappa shape index (κ3) is 3.31. The predicted octanol–water partition coefficient (Wildman–Crippen LogP) is 4.17. The molecule has 0 aliphatic carbocycles. The zero-order chi connectivity index (χ0) is 17.2. The molecule has 0 aliphatic rings. The Bertz CT molecular complexity index is 950. The molecular weight excluding hydrogens is 320 g/mol. The molecule has 122 valence electrons. The standard InChI is InChI=1S/C19H18N2O2S/c1-14-9-11-16(12-10-14)24(22,23)21-18-8-5-6-15(2)19(18)17-7-3-4-13-20-17/h3-13,21H,1-2H3. The van der Waals surface area contributed by atoms with Crippen LogP contribution in [0.1, 0.15) is 11.1 Å². The quantitative estimate of drug-likeness (QED) is 0.777. The Balaban J connectivity index is 2.05. The maximum Gasteiger partial charge on any atom is 0.261 e. The van der Waals surface area contributed by atoms with E-state index in [2.05, 4.69) is 9.71 Å². The first kappa shape index (κ1) is 16.2. The number of aryl methyl sites for hydroxylation is 2. The van der Waals surface area contributed by atoms with E-state index in [0.717, 1.165) is 22.4 Å². The van der Waals surface area contributed by atoms with Crippen molar-refractivity contribution in [2.24, 2.45) is 0 Å². The lowest BCUT2D eigenvalue weighted by molar-refractivity contribution is 0.601. The number of pyridine rings is 1. The summed E-state index contributed by atoms with van der Waals surface area (Å²) in [6, 6.07) is 17.9. The molecule has 24 heavy (non-hydrogen) atoms. The Morgan fingerprint density at radius 1 is 0.875 bits per heavy atom. The third-order valence-corrected chi connectivity index (χ3v) is 5.15. The van der Waals surface area contributed by atoms with Gasteiger partial charge in [0.15, 0.2) is 0 Å². The Morgan fingerprint density at radius 2 is 1.62 bits per heavy atom. The van der Waals surface area contributed by atoms with Gasteiger partial charge in [0.05, 0.1) is 16.3 Å². The highest BCUT2D eigenvalue weighted by molar-refractivity contribution is 7.92. The minimum atomic E-state index is -3.66. The molecule has 0 saturated heterocycles. The number of rotatable bonds is 4. The number of benzene rings is 2. The van der Waals surface area contributed by atoms with Crippen LogP contribution >= 0.6 is 0 Å². The van der Waals surface area contributed by atoms with E-state index in [1.807, 2.05) is 44.2 Å². The smallest absolute Gasteiger partial charge is 0.261 e. The molecule has 3 rings (SSSR count). The SMILES string of the molecule is Cc1ccc(S(=O)(=O)Nc2cccc(C)c2-c2ccccn2)cc1. The van der Waals surface area contributed by atoms with Crippen molar-refractivity contribution >= 4 is 15.7 Å². The van der Waals surface area contributed by atoms with Gasteiger partial charge in [0.2, 0.25) is 0 Å². The Hall–Kier alpha value is -2.66. The summed E-state index contributed by atoms with van der Waals surface area (Å²) in [5.41, 5.74) is 4.01. The molecule has 1 heterocycles. The molecule has 1 aromatic heterocycles. The van der Waals surface area contributed by atoms with Crippen molar-refractivity contribution in [1.82, 2.24) is 4.98 Å². The van der Waals surface area contributed by atoms with Crippen LogP contribution in [0, 0.1) is 13.8 Å². The van der Waals surface area contributed by atoms with E-state index >= 15 is 0 Å². The van der Waals surface area contributed by atoms with Crippen LogP contribution in [0.25, 0.3) is 11.3 Å². The van der Waals surface area contributed by atoms with E-state index < -0.39 is 10.0 Å². The largest absolute Gasteiger partial charge is 0.279 e. The topological polar surface area (TPSA) is 59.1 Å². The molecule has 0 radical (unpaired) electrons. The Morgan fingerprint density at radius 3 is 2.29 bits per heavy atom. The van der Waals surface area contributed by atoms with E-state index in [0.29, 0.717) is 5.69 Å². The van der Waals surface area contributed by atoms with Gasteiger partial charge < -0.3 is 0 Å². The molecule has 0 amide bonds. The highest BCUT2D eigenvalue weighted by Crippen LogP contribution is 2.31. The van der Waals surface area contributed by atoms with Crippen molar-refractivity contribution in [3.63, 3.8) is 0 Å². The monoisotopic (exact) mass is 338 g/mol. The summed E-state index contributed by atoms with van der Waals surface area (Å²) in [5.74, 6) is 0. The fraction of sp³-hybridized carbons (Fsp3) is 0.105. The molecule has 0 fully saturated rings. The van der Waals surface area contributed by atoms with Crippen molar-refractivity contribution in [3.8, 4) is 11.3 Å². The van der Waals surface area contributed by atoms with E-state index in [1.165, 1.54) is 0 Å². The Kier molecular flexibility index (Phi) is 4.36. The van der Waals surface area contributed by atoms with Crippen molar-refractivity contribution in [2.75, 3.05) is 4.72 Å². The normalized spacial score (nSPS) is 11.2. The molecule has 0 atom stereocenters. The summed E-state index contributed by atoms with van der Waals surface area (Å²) in [4.78, 5) is 4.59. The van der Waals surface area contributed by atoms with Gasteiger partial charge in [-0.05, 0) is 49.7 Å². The molecule has 0 unspecified atom stereocenters. The number of sulfonamides is 1. The second-order valence-electron chi connectivity index (χ2n) is 5.63. The average molecular weight is 338 g/mol. The molecule has 0 spiro atoms. The molecule has 2 aromatic carbocycles. The van der Waals surface area contributed by atoms with Gasteiger partial charge in [0.25, 0.3) is 10.0 Å². The van der Waals surface area contributed by atoms with Crippen LogP contribution in [-0.4, -0.2) is 13.4 Å². The van der Waals surface area contributed by atoms with Crippen LogP contribution in [0.3, 0.4) is 0 Å². The first-order valence-corrected chi connectivity index (χ1v) is 9.06. The van der Waals surface area contributed by atoms with Gasteiger partial charge >= 0.3 is 0 Å². The fourth-order valence-electron chi connectivity index (χ4n) is 2.52. The predicted molar refractivity (Wildman–Crippen MR) is 96.4 cm³/mol. The summed E-state index contributed by atoms with van der Waals surface area (Å²) in [6.07, 6.45) is 1.69. The molecule has 0 bridgehead atoms. The zero-order valence-electron chi connectivity index (χ0n) is 13.5. The first-order chi connectivity index (χ1) is 11.5. The lowest BCUT2D eigenvalue weighted by Crippen LogP contribution is -2.14. The van der Waals surface area contributed by atoms with Crippen molar-refractivity contribution < 1.29 is 8.42 Å². The van der Waals surface area contributed by atoms with Gasteiger partial charge in [0.1, 0.15) is 0 Å². The van der Waals surface area contributed by atoms with Gasteiger partial charge in [0, 0.05) is 11.8 Å². The number of hydrogen-bond donors (Lipinski definition) is 1. The maximum absolute atomic E-state index is 12.7. The number of nitrogens with zero attached hydrogens (tertiary/aromatic N) is 1. The molecule has 0 saturated carbocycles. The van der Waals surface area contributed by atoms with E-state index in [4.69, 9.17) is 0 Å². The summed E-state index contributed by atoms with van der Waals surface area (Å²) in [5, 5.41) is 0. The van der Waals surface area contributed by atoms with Crippen molar-refractivity contribution in [2.45, 2.75) is 18.7 Å². The summed E-state index contributed by atoms with van der Waals surface area (Å²) in [6.45, 7) is 3.86. The molecular formula is C19H18N2O2S. The number of anilines is 1. The van der Waals surface area contributed by atoms with Gasteiger partial charge in [-0.25, -0.2) is 8.42 Å². The van der Waals surface area contributed by atoms with Gasteiger partial charge in [-0.2, -0.15) is 0 Å². The molecule has 4 nitrogen and oxygen atoms in total. The van der Waals surface area contributed by atoms with E-state index in [-0.39, 0.29) is 4.90 Å². The highest BCUT2D eigenvalue weighted by Gasteiger charge is 2.17. The van der Waals surface area contributed by atoms with Crippen molar-refractivity contribution in [1.29, 1.82) is 0 Å². The van der Waals surface area contributed by atoms with Crippen LogP contribution in [-0.2, 0) is 10.0 Å². The second-order valence-corrected chi connectivity index (χ2v) is 7.31. The first-order valence-electron chi connectivity index (χ1n) is 7.58. The second kappa shape index (κ2) is 6.45. The van der Waals surface area contributed by atoms with Gasteiger partial charge in [-0.15, -0.1) is 0 Å². The van der Waals surface area contributed by atoms with Crippen LogP contribution in [0.15, 0.2) is 71.8 Å². The fourth-order valence-corrected chi connectivity index (χ4v) is 3.60. The zero-order valence-corrected chi connectivity index (χ0v) is 14.3. The average Bonchev–Trinajstić information content (AvgIpc) is 2.56. The number of aromatic nitrogens is 1. The molecule has 3 aromatic rings. The lowest BCUT2D eigenvalue weighted by Gasteiger charge is -2.14. The minimum absolute atomic E-state index is 0.238. The van der Waals surface area contributed by atoms with Gasteiger partial charge in [-0.1, -0.05) is 35.9 Å². The summed E-state index contributed by atoms with van der Waals surface area (Å²) < 4.78 is 28.0. The van der Waals surface area contributed by atoms with E-state index in [1.54, 1.807) is 36.5 Å². The maximum atomic E-state index is 12.7. The van der Waals surface area contributed by atoms with E-state index in [9.17, 15) is 8.42 Å². The highest BCUT2D eigenvalue weighted by atomic mass is 32.2. The molecule has 0 aliphatic heterocycles. The van der Waals surface area contributed by atoms with Crippen molar-refractivity contribution in [3.05, 3.63) is 78.0 Å². The Labute approximate surface area is 142 Å². The van der Waals surface area contributed by atoms with Crippen LogP contribution in [0.4, 0.5) is 5.69 Å². The van der Waals surface area contributed by atoms with Gasteiger partial charge in [-0.3, -0.25) is 9.71 Å². The number of nitrogens with one attached hydrogen (secondary N) is 1. The number of hydrogen-bond acceptors (Lipinski definition) is 3. The molecule has 1 N–H and O–H groups in total. The van der Waals surface area contributed by atoms with Crippen LogP contribution in [0.5, 0.6) is 0 Å². The lowest BCUT2D eigenvalue weighted by atomic mass is 10.0.